The van der Waals surface area contributed by atoms with Crippen molar-refractivity contribution in [3.63, 3.8) is 0 Å². The van der Waals surface area contributed by atoms with Crippen molar-refractivity contribution in [2.75, 3.05) is 23.9 Å². The number of rotatable bonds is 6. The molecule has 0 aliphatic carbocycles. The van der Waals surface area contributed by atoms with Gasteiger partial charge in [-0.05, 0) is 49.0 Å². The van der Waals surface area contributed by atoms with Crippen LogP contribution in [0.5, 0.6) is 0 Å². The molecule has 1 spiro atoms. The molecule has 2 saturated heterocycles. The number of thioether (sulfide) groups is 1. The summed E-state index contributed by atoms with van der Waals surface area (Å²) in [5, 5.41) is 6.99. The minimum absolute atomic E-state index is 0.177. The van der Waals surface area contributed by atoms with E-state index >= 15 is 0 Å². The first-order valence-electron chi connectivity index (χ1n) is 11.2. The normalized spacial score (nSPS) is 27.9. The predicted octanol–water partition coefficient (Wildman–Crippen LogP) is 3.36. The van der Waals surface area contributed by atoms with E-state index < -0.39 is 17.4 Å². The lowest BCUT2D eigenvalue weighted by Gasteiger charge is -2.29. The van der Waals surface area contributed by atoms with E-state index in [1.807, 2.05) is 49.6 Å². The molecule has 3 heterocycles. The molecule has 0 radical (unpaired) electrons. The average molecular weight is 484 g/mol. The number of carbonyl (C=O) groups is 3. The van der Waals surface area contributed by atoms with E-state index in [1.54, 1.807) is 17.8 Å². The molecule has 2 N–H and O–H groups in total. The van der Waals surface area contributed by atoms with Gasteiger partial charge in [0, 0.05) is 23.2 Å². The number of benzene rings is 2. The monoisotopic (exact) mass is 483 g/mol. The molecule has 2 aromatic rings. The topological polar surface area (TPSA) is 78.5 Å². The molecular weight excluding hydrogens is 458 g/mol. The maximum absolute atomic E-state index is 13.8. The molecule has 4 atom stereocenters. The van der Waals surface area contributed by atoms with Crippen LogP contribution in [-0.4, -0.2) is 47.2 Å². The Morgan fingerprint density at radius 2 is 1.85 bits per heavy atom. The van der Waals surface area contributed by atoms with Crippen LogP contribution in [0, 0.1) is 18.8 Å². The first-order chi connectivity index (χ1) is 15.9. The fourth-order valence-electron chi connectivity index (χ4n) is 5.65. The maximum atomic E-state index is 13.8. The van der Waals surface area contributed by atoms with E-state index in [4.69, 9.17) is 11.6 Å². The summed E-state index contributed by atoms with van der Waals surface area (Å²) in [5.74, 6) is -1.23. The molecule has 3 amide bonds. The van der Waals surface area contributed by atoms with Crippen LogP contribution in [0.2, 0.25) is 5.02 Å². The second kappa shape index (κ2) is 8.46. The molecule has 3 aliphatic rings. The molecular formula is C25H26ClN3O3S. The van der Waals surface area contributed by atoms with Gasteiger partial charge in [0.15, 0.2) is 0 Å². The average Bonchev–Trinajstić information content (AvgIpc) is 3.39. The largest absolute Gasteiger partial charge is 0.324 e. The quantitative estimate of drug-likeness (QED) is 0.616. The van der Waals surface area contributed by atoms with Gasteiger partial charge < -0.3 is 5.32 Å². The van der Waals surface area contributed by atoms with Crippen molar-refractivity contribution in [3.05, 3.63) is 64.2 Å². The van der Waals surface area contributed by atoms with Crippen molar-refractivity contribution >= 4 is 46.8 Å². The molecule has 0 bridgehead atoms. The summed E-state index contributed by atoms with van der Waals surface area (Å²) in [4.78, 5) is 42.2. The SMILES string of the molecule is CSCCC1NC2(C(=O)Nc3c2ccc(Cl)c3C)C2C(=O)N(CCc3ccccc3)C(=O)C12. The van der Waals surface area contributed by atoms with Crippen molar-refractivity contribution in [2.45, 2.75) is 31.3 Å². The highest BCUT2D eigenvalue weighted by Gasteiger charge is 2.70. The van der Waals surface area contributed by atoms with Gasteiger partial charge in [0.25, 0.3) is 0 Å². The first-order valence-corrected chi connectivity index (χ1v) is 12.9. The Hall–Kier alpha value is -2.35. The Morgan fingerprint density at radius 1 is 1.09 bits per heavy atom. The Balaban J connectivity index is 1.54. The van der Waals surface area contributed by atoms with Gasteiger partial charge in [-0.3, -0.25) is 24.6 Å². The van der Waals surface area contributed by atoms with Gasteiger partial charge in [-0.1, -0.05) is 48.0 Å². The van der Waals surface area contributed by atoms with E-state index in [0.717, 1.165) is 16.9 Å². The van der Waals surface area contributed by atoms with Crippen LogP contribution in [0.4, 0.5) is 5.69 Å². The highest BCUT2D eigenvalue weighted by atomic mass is 35.5. The van der Waals surface area contributed by atoms with Crippen LogP contribution >= 0.6 is 23.4 Å². The second-order valence-electron chi connectivity index (χ2n) is 8.96. The van der Waals surface area contributed by atoms with Gasteiger partial charge in [0.05, 0.1) is 17.5 Å². The molecule has 0 saturated carbocycles. The fourth-order valence-corrected chi connectivity index (χ4v) is 6.30. The number of amides is 3. The summed E-state index contributed by atoms with van der Waals surface area (Å²) >= 11 is 8.00. The van der Waals surface area contributed by atoms with Crippen LogP contribution < -0.4 is 10.6 Å². The Morgan fingerprint density at radius 3 is 2.58 bits per heavy atom. The number of halogens is 1. The van der Waals surface area contributed by atoms with E-state index in [2.05, 4.69) is 10.6 Å². The van der Waals surface area contributed by atoms with Crippen LogP contribution in [0.15, 0.2) is 42.5 Å². The van der Waals surface area contributed by atoms with Crippen molar-refractivity contribution in [3.8, 4) is 0 Å². The molecule has 4 unspecified atom stereocenters. The number of fused-ring (bicyclic) bond motifs is 4. The van der Waals surface area contributed by atoms with Crippen LogP contribution in [0.3, 0.4) is 0 Å². The van der Waals surface area contributed by atoms with E-state index in [0.29, 0.717) is 35.7 Å². The minimum Gasteiger partial charge on any atom is -0.324 e. The zero-order valence-electron chi connectivity index (χ0n) is 18.6. The smallest absolute Gasteiger partial charge is 0.250 e. The highest BCUT2D eigenvalue weighted by molar-refractivity contribution is 7.98. The highest BCUT2D eigenvalue weighted by Crippen LogP contribution is 2.54. The number of nitrogens with zero attached hydrogens (tertiary/aromatic N) is 1. The molecule has 2 fully saturated rings. The maximum Gasteiger partial charge on any atom is 0.250 e. The van der Waals surface area contributed by atoms with Crippen LogP contribution in [-0.2, 0) is 26.3 Å². The molecule has 33 heavy (non-hydrogen) atoms. The Kier molecular flexibility index (Phi) is 5.75. The van der Waals surface area contributed by atoms with Crippen LogP contribution in [0.25, 0.3) is 0 Å². The first kappa shape index (κ1) is 22.4. The van der Waals surface area contributed by atoms with Gasteiger partial charge in [0.1, 0.15) is 5.54 Å². The number of imide groups is 1. The van der Waals surface area contributed by atoms with Crippen LogP contribution in [0.1, 0.15) is 23.1 Å². The molecule has 2 aromatic carbocycles. The Bertz CT molecular complexity index is 1140. The third kappa shape index (κ3) is 3.32. The number of hydrogen-bond acceptors (Lipinski definition) is 5. The third-order valence-electron chi connectivity index (χ3n) is 7.28. The van der Waals surface area contributed by atoms with Gasteiger partial charge in [0.2, 0.25) is 17.7 Å². The lowest BCUT2D eigenvalue weighted by molar-refractivity contribution is -0.142. The number of hydrogen-bond donors (Lipinski definition) is 2. The van der Waals surface area contributed by atoms with E-state index in [9.17, 15) is 14.4 Å². The molecule has 6 nitrogen and oxygen atoms in total. The zero-order valence-corrected chi connectivity index (χ0v) is 20.1. The third-order valence-corrected chi connectivity index (χ3v) is 8.33. The van der Waals surface area contributed by atoms with Crippen molar-refractivity contribution in [2.24, 2.45) is 11.8 Å². The molecule has 3 aliphatic heterocycles. The zero-order chi connectivity index (χ0) is 23.3. The van der Waals surface area contributed by atoms with Gasteiger partial charge in [-0.2, -0.15) is 11.8 Å². The van der Waals surface area contributed by atoms with Crippen molar-refractivity contribution in [1.82, 2.24) is 10.2 Å². The van der Waals surface area contributed by atoms with E-state index in [1.165, 1.54) is 4.90 Å². The predicted molar refractivity (Wildman–Crippen MR) is 130 cm³/mol. The van der Waals surface area contributed by atoms with Gasteiger partial charge in [-0.25, -0.2) is 0 Å². The van der Waals surface area contributed by atoms with Crippen molar-refractivity contribution in [1.29, 1.82) is 0 Å². The Labute approximate surface area is 202 Å². The lowest BCUT2D eigenvalue weighted by Crippen LogP contribution is -2.53. The standard InChI is InChI=1S/C25H26ClN3O3S/c1-14-17(26)9-8-16-21(14)27-24(32)25(16)20-19(18(28-25)11-13-33-2)22(30)29(23(20)31)12-10-15-6-4-3-5-7-15/h3-9,18-20,28H,10-13H2,1-2H3,(H,27,32). The lowest BCUT2D eigenvalue weighted by atomic mass is 9.76. The second-order valence-corrected chi connectivity index (χ2v) is 10.3. The molecule has 5 rings (SSSR count). The molecule has 172 valence electrons. The van der Waals surface area contributed by atoms with Gasteiger partial charge in [-0.15, -0.1) is 0 Å². The molecule has 8 heteroatoms. The van der Waals surface area contributed by atoms with E-state index in [-0.39, 0.29) is 23.8 Å². The summed E-state index contributed by atoms with van der Waals surface area (Å²) in [6.07, 6.45) is 3.30. The summed E-state index contributed by atoms with van der Waals surface area (Å²) in [7, 11) is 0. The van der Waals surface area contributed by atoms with Crippen molar-refractivity contribution < 1.29 is 14.4 Å². The fraction of sp³-hybridized carbons (Fsp3) is 0.400. The number of likely N-dealkylation sites (tertiary alicyclic amines) is 1. The minimum atomic E-state index is -1.26. The van der Waals surface area contributed by atoms with Gasteiger partial charge >= 0.3 is 0 Å². The number of carbonyl (C=O) groups excluding carboxylic acids is 3. The summed E-state index contributed by atoms with van der Waals surface area (Å²) in [5.41, 5.74) is 1.93. The molecule has 0 aromatic heterocycles. The number of nitrogens with one attached hydrogen (secondary N) is 2. The summed E-state index contributed by atoms with van der Waals surface area (Å²) < 4.78 is 0. The summed E-state index contributed by atoms with van der Waals surface area (Å²) in [6, 6.07) is 13.1. The number of anilines is 1. The summed E-state index contributed by atoms with van der Waals surface area (Å²) in [6.45, 7) is 2.17.